The number of rotatable bonds is 8. The summed E-state index contributed by atoms with van der Waals surface area (Å²) in [5.74, 6) is 0. The molecule has 0 atom stereocenters. The van der Waals surface area contributed by atoms with Gasteiger partial charge >= 0.3 is 0 Å². The first kappa shape index (κ1) is 59.8. The zero-order valence-corrected chi connectivity index (χ0v) is 57.9. The van der Waals surface area contributed by atoms with E-state index in [0.29, 0.717) is 0 Å². The van der Waals surface area contributed by atoms with Crippen molar-refractivity contribution in [2.24, 2.45) is 16.2 Å². The molecule has 8 aromatic carbocycles. The Balaban J connectivity index is 0.955. The number of aryl methyl sites for hydroxylation is 2. The van der Waals surface area contributed by atoms with Gasteiger partial charge in [0, 0.05) is 80.1 Å². The number of benzene rings is 8. The van der Waals surface area contributed by atoms with Gasteiger partial charge in [0.05, 0.1) is 47.5 Å². The van der Waals surface area contributed by atoms with Crippen molar-refractivity contribution in [3.05, 3.63) is 183 Å². The van der Waals surface area contributed by atoms with Gasteiger partial charge in [-0.15, -0.1) is 34.0 Å². The second kappa shape index (κ2) is 21.4. The molecule has 14 rings (SSSR count). The van der Waals surface area contributed by atoms with Gasteiger partial charge in [0.15, 0.2) is 0 Å². The Morgan fingerprint density at radius 2 is 0.922 bits per heavy atom. The summed E-state index contributed by atoms with van der Waals surface area (Å²) in [6.45, 7) is 39.3. The third kappa shape index (κ3) is 10.8. The number of hydrogen-bond acceptors (Lipinski definition) is 8. The van der Waals surface area contributed by atoms with Gasteiger partial charge in [-0.1, -0.05) is 171 Å². The minimum atomic E-state index is -0.216. The molecule has 0 radical (unpaired) electrons. The molecule has 452 valence electrons. The van der Waals surface area contributed by atoms with Gasteiger partial charge in [-0.2, -0.15) is 0 Å². The molecule has 0 aliphatic rings. The highest BCUT2D eigenvalue weighted by molar-refractivity contribution is 7.19. The van der Waals surface area contributed by atoms with Crippen LogP contribution in [-0.2, 0) is 30.1 Å². The van der Waals surface area contributed by atoms with E-state index in [1.807, 2.05) is 40.2 Å². The minimum absolute atomic E-state index is 0.0692. The Kier molecular flexibility index (Phi) is 14.3. The molecule has 0 unspecified atom stereocenters. The molecular formula is C82H81N5S3. The van der Waals surface area contributed by atoms with Crippen molar-refractivity contribution in [1.29, 1.82) is 0 Å². The number of fused-ring (bicyclic) bond motifs is 11. The topological polar surface area (TPSA) is 64.5 Å². The Morgan fingerprint density at radius 1 is 0.400 bits per heavy atom. The summed E-state index contributed by atoms with van der Waals surface area (Å²) in [4.78, 5) is 27.6. The summed E-state index contributed by atoms with van der Waals surface area (Å²) in [7, 11) is 0. The second-order valence-corrected chi connectivity index (χ2v) is 34.4. The van der Waals surface area contributed by atoms with Crippen LogP contribution in [0.4, 0.5) is 0 Å². The largest absolute Gasteiger partial charge is 0.256 e. The number of nitrogens with zero attached hydrogens (tertiary/aromatic N) is 5. The summed E-state index contributed by atoms with van der Waals surface area (Å²) in [6, 6.07) is 46.0. The molecule has 0 aliphatic carbocycles. The lowest BCUT2D eigenvalue weighted by molar-refractivity contribution is 0.410. The molecule has 0 fully saturated rings. The van der Waals surface area contributed by atoms with Crippen LogP contribution in [0.2, 0.25) is 0 Å². The molecule has 0 saturated heterocycles. The van der Waals surface area contributed by atoms with Crippen LogP contribution in [0.3, 0.4) is 0 Å². The Hall–Kier alpha value is -7.75. The predicted octanol–water partition coefficient (Wildman–Crippen LogP) is 24.4. The van der Waals surface area contributed by atoms with Gasteiger partial charge in [-0.3, -0.25) is 15.0 Å². The number of hydrogen-bond donors (Lipinski definition) is 0. The van der Waals surface area contributed by atoms with E-state index in [1.165, 1.54) is 79.6 Å². The molecule has 6 heterocycles. The third-order valence-corrected chi connectivity index (χ3v) is 21.0. The molecule has 8 heteroatoms. The molecule has 90 heavy (non-hydrogen) atoms. The molecule has 5 nitrogen and oxygen atoms in total. The van der Waals surface area contributed by atoms with E-state index in [4.69, 9.17) is 24.9 Å². The van der Waals surface area contributed by atoms with Crippen LogP contribution in [0.15, 0.2) is 145 Å². The van der Waals surface area contributed by atoms with Crippen molar-refractivity contribution in [3.8, 4) is 56.0 Å². The first-order valence-electron chi connectivity index (χ1n) is 32.0. The van der Waals surface area contributed by atoms with Crippen LogP contribution in [0.1, 0.15) is 142 Å². The van der Waals surface area contributed by atoms with Gasteiger partial charge in [-0.25, -0.2) is 9.97 Å². The van der Waals surface area contributed by atoms with Crippen LogP contribution < -0.4 is 0 Å². The van der Waals surface area contributed by atoms with Crippen LogP contribution in [0, 0.1) is 30.1 Å². The van der Waals surface area contributed by atoms with Crippen molar-refractivity contribution >= 4 is 118 Å². The van der Waals surface area contributed by atoms with Gasteiger partial charge in [0.2, 0.25) is 0 Å². The van der Waals surface area contributed by atoms with E-state index < -0.39 is 0 Å². The standard InChI is InChI=1S/C82H81N5S3/c1-45-33-50(34-46(2)67(45)60-43-85-74(51-35-48-21-18-19-23-54(48)61(37-51)81(12,13)14)71-58(60)28-30-64-76(71)87-66(90-64)41-80(9,10)11)73-70-57(27-29-63-75(70)86-65(89-63)40-79(6,7)8)59(42-84-73)56-24-20-22-49-36-52(38-62(68(49)56)82(15,16)17)72-69-47(31-32-83-72)25-26-55-53(39-78(3,4)5)44-88-77(55)69/h18-38,42-44H,39-41H2,1-17H3. The smallest absolute Gasteiger partial charge is 0.0944 e. The van der Waals surface area contributed by atoms with Crippen molar-refractivity contribution in [3.63, 3.8) is 0 Å². The second-order valence-electron chi connectivity index (χ2n) is 31.3. The fourth-order valence-electron chi connectivity index (χ4n) is 14.2. The molecular weight excluding hydrogens is 1150 g/mol. The fraction of sp³-hybridized carbons (Fsp3) is 0.305. The SMILES string of the molecule is Cc1cc(-c2ncc(-c3cccc4cc(-c5nccc6ccc7c(CC(C)(C)C)csc7c56)cc(C(C)(C)C)c34)c3ccc4sc(CC(C)(C)C)nc4c23)cc(C)c1-c1cnc(-c2cc(C(C)(C)C)c3ccccc3c2)c2c1ccc1sc(CC(C)(C)C)nc12. The van der Waals surface area contributed by atoms with E-state index in [2.05, 4.69) is 257 Å². The van der Waals surface area contributed by atoms with Crippen LogP contribution >= 0.6 is 34.0 Å². The van der Waals surface area contributed by atoms with E-state index in [9.17, 15) is 0 Å². The lowest BCUT2D eigenvalue weighted by Crippen LogP contribution is -2.12. The third-order valence-electron chi connectivity index (χ3n) is 17.9. The highest BCUT2D eigenvalue weighted by Crippen LogP contribution is 2.49. The highest BCUT2D eigenvalue weighted by atomic mass is 32.1. The molecule has 0 amide bonds. The van der Waals surface area contributed by atoms with E-state index >= 15 is 0 Å². The summed E-state index contributed by atoms with van der Waals surface area (Å²) < 4.78 is 3.68. The van der Waals surface area contributed by atoms with E-state index in [0.717, 1.165) is 118 Å². The molecule has 0 saturated carbocycles. The molecule has 6 aromatic heterocycles. The maximum atomic E-state index is 5.66. The highest BCUT2D eigenvalue weighted by Gasteiger charge is 2.29. The average molecular weight is 1230 g/mol. The lowest BCUT2D eigenvalue weighted by Gasteiger charge is -2.25. The molecule has 0 bridgehead atoms. The lowest BCUT2D eigenvalue weighted by atomic mass is 9.79. The first-order chi connectivity index (χ1) is 42.5. The monoisotopic (exact) mass is 1230 g/mol. The number of thiophene rings is 1. The summed E-state index contributed by atoms with van der Waals surface area (Å²) >= 11 is 5.49. The predicted molar refractivity (Wildman–Crippen MR) is 393 cm³/mol. The Labute approximate surface area is 542 Å². The van der Waals surface area contributed by atoms with Crippen LogP contribution in [0.5, 0.6) is 0 Å². The maximum Gasteiger partial charge on any atom is 0.0944 e. The normalized spacial score (nSPS) is 13.1. The molecule has 0 N–H and O–H groups in total. The fourth-order valence-corrected chi connectivity index (χ4v) is 17.8. The van der Waals surface area contributed by atoms with Gasteiger partial charge < -0.3 is 0 Å². The van der Waals surface area contributed by atoms with E-state index in [1.54, 1.807) is 0 Å². The Bertz CT molecular complexity index is 5240. The zero-order valence-electron chi connectivity index (χ0n) is 55.4. The average Bonchev–Trinajstić information content (AvgIpc) is 1.12. The van der Waals surface area contributed by atoms with Crippen LogP contribution in [0.25, 0.3) is 140 Å². The minimum Gasteiger partial charge on any atom is -0.256 e. The number of aromatic nitrogens is 5. The molecule has 0 spiro atoms. The number of pyridine rings is 3. The van der Waals surface area contributed by atoms with Gasteiger partial charge in [0.25, 0.3) is 0 Å². The van der Waals surface area contributed by atoms with Gasteiger partial charge in [0.1, 0.15) is 0 Å². The van der Waals surface area contributed by atoms with Crippen molar-refractivity contribution in [1.82, 2.24) is 24.9 Å². The maximum absolute atomic E-state index is 5.66. The summed E-state index contributed by atoms with van der Waals surface area (Å²) in [5, 5.41) is 17.9. The zero-order chi connectivity index (χ0) is 63.3. The van der Waals surface area contributed by atoms with Crippen molar-refractivity contribution in [2.75, 3.05) is 0 Å². The molecule has 0 aliphatic heterocycles. The summed E-state index contributed by atoms with van der Waals surface area (Å²) in [6.07, 6.45) is 9.08. The Morgan fingerprint density at radius 3 is 1.52 bits per heavy atom. The van der Waals surface area contributed by atoms with Gasteiger partial charge in [-0.05, 0) is 189 Å². The quantitative estimate of drug-likeness (QED) is 0.152. The number of thiazole rings is 2. The first-order valence-corrected chi connectivity index (χ1v) is 34.5. The van der Waals surface area contributed by atoms with Crippen molar-refractivity contribution in [2.45, 2.75) is 148 Å². The van der Waals surface area contributed by atoms with Crippen LogP contribution in [-0.4, -0.2) is 24.9 Å². The molecule has 14 aromatic rings. The van der Waals surface area contributed by atoms with E-state index in [-0.39, 0.29) is 27.1 Å². The summed E-state index contributed by atoms with van der Waals surface area (Å²) in [5.41, 5.74) is 19.2. The van der Waals surface area contributed by atoms with Crippen molar-refractivity contribution < 1.29 is 0 Å².